The monoisotopic (exact) mass is 224 g/mol. The van der Waals surface area contributed by atoms with Crippen LogP contribution < -0.4 is 5.73 Å². The summed E-state index contributed by atoms with van der Waals surface area (Å²) >= 11 is 0. The number of carboxylic acid groups (broad SMARTS) is 1. The molecule has 1 aromatic carbocycles. The summed E-state index contributed by atoms with van der Waals surface area (Å²) in [6, 6.07) is 4.45. The highest BCUT2D eigenvalue weighted by molar-refractivity contribution is 5.66. The molecule has 6 nitrogen and oxygen atoms in total. The molecule has 0 spiro atoms. The largest absolute Gasteiger partial charge is 0.481 e. The number of rotatable bonds is 5. The summed E-state index contributed by atoms with van der Waals surface area (Å²) in [5, 5.41) is 18.9. The number of carboxylic acids is 1. The van der Waals surface area contributed by atoms with E-state index in [0.29, 0.717) is 12.8 Å². The van der Waals surface area contributed by atoms with Crippen molar-refractivity contribution in [2.24, 2.45) is 0 Å². The minimum atomic E-state index is -0.852. The molecule has 0 fully saturated rings. The molecule has 0 radical (unpaired) electrons. The maximum Gasteiger partial charge on any atom is 0.303 e. The summed E-state index contributed by atoms with van der Waals surface area (Å²) in [5.74, 6) is -0.852. The first kappa shape index (κ1) is 12.0. The van der Waals surface area contributed by atoms with Gasteiger partial charge < -0.3 is 10.8 Å². The number of hydrogen-bond donors (Lipinski definition) is 2. The maximum atomic E-state index is 10.5. The molecule has 0 aliphatic carbocycles. The third-order valence-corrected chi connectivity index (χ3v) is 2.14. The van der Waals surface area contributed by atoms with Crippen LogP contribution in [0.25, 0.3) is 0 Å². The van der Waals surface area contributed by atoms with Gasteiger partial charge in [0.2, 0.25) is 0 Å². The summed E-state index contributed by atoms with van der Waals surface area (Å²) in [6.07, 6.45) is 1.12. The zero-order valence-corrected chi connectivity index (χ0v) is 8.55. The van der Waals surface area contributed by atoms with E-state index < -0.39 is 10.9 Å². The van der Waals surface area contributed by atoms with Crippen LogP contribution in [0.3, 0.4) is 0 Å². The Morgan fingerprint density at radius 3 is 2.69 bits per heavy atom. The number of aryl methyl sites for hydroxylation is 1. The van der Waals surface area contributed by atoms with Crippen LogP contribution in [-0.4, -0.2) is 16.0 Å². The Hall–Kier alpha value is -2.11. The third-order valence-electron chi connectivity index (χ3n) is 2.14. The van der Waals surface area contributed by atoms with Gasteiger partial charge in [0.1, 0.15) is 5.69 Å². The number of nitro benzene ring substituents is 1. The van der Waals surface area contributed by atoms with E-state index in [1.807, 2.05) is 0 Å². The van der Waals surface area contributed by atoms with Crippen LogP contribution in [0.15, 0.2) is 18.2 Å². The van der Waals surface area contributed by atoms with E-state index in [-0.39, 0.29) is 17.8 Å². The number of nitro groups is 1. The van der Waals surface area contributed by atoms with Crippen molar-refractivity contribution in [1.29, 1.82) is 0 Å². The molecule has 3 N–H and O–H groups in total. The average molecular weight is 224 g/mol. The fourth-order valence-corrected chi connectivity index (χ4v) is 1.37. The second kappa shape index (κ2) is 5.11. The summed E-state index contributed by atoms with van der Waals surface area (Å²) in [6.45, 7) is 0. The third kappa shape index (κ3) is 3.23. The summed E-state index contributed by atoms with van der Waals surface area (Å²) in [7, 11) is 0. The number of benzene rings is 1. The molecule has 0 saturated heterocycles. The normalized spacial score (nSPS) is 10.0. The zero-order chi connectivity index (χ0) is 12.1. The van der Waals surface area contributed by atoms with Crippen LogP contribution in [0.4, 0.5) is 11.4 Å². The van der Waals surface area contributed by atoms with E-state index in [0.717, 1.165) is 5.56 Å². The molecule has 0 heterocycles. The van der Waals surface area contributed by atoms with E-state index in [1.54, 1.807) is 6.07 Å². The van der Waals surface area contributed by atoms with Crippen LogP contribution in [0.1, 0.15) is 18.4 Å². The second-order valence-electron chi connectivity index (χ2n) is 3.40. The molecule has 86 valence electrons. The Morgan fingerprint density at radius 2 is 2.19 bits per heavy atom. The van der Waals surface area contributed by atoms with Crippen molar-refractivity contribution in [3.8, 4) is 0 Å². The van der Waals surface area contributed by atoms with Crippen molar-refractivity contribution in [3.63, 3.8) is 0 Å². The zero-order valence-electron chi connectivity index (χ0n) is 8.55. The van der Waals surface area contributed by atoms with Crippen molar-refractivity contribution >= 4 is 17.3 Å². The van der Waals surface area contributed by atoms with Gasteiger partial charge in [-0.2, -0.15) is 0 Å². The van der Waals surface area contributed by atoms with Gasteiger partial charge in [-0.15, -0.1) is 0 Å². The predicted octanol–water partition coefficient (Wildman–Crippen LogP) is 1.58. The number of anilines is 1. The first-order valence-corrected chi connectivity index (χ1v) is 4.75. The Kier molecular flexibility index (Phi) is 3.82. The number of nitrogens with two attached hydrogens (primary N) is 1. The molecule has 0 atom stereocenters. The van der Waals surface area contributed by atoms with E-state index >= 15 is 0 Å². The summed E-state index contributed by atoms with van der Waals surface area (Å²) < 4.78 is 0. The standard InChI is InChI=1S/C10H12N2O4/c11-8-6-7(2-1-3-10(13)14)4-5-9(8)12(15)16/h4-6H,1-3,11H2,(H,13,14). The fourth-order valence-electron chi connectivity index (χ4n) is 1.37. The fraction of sp³-hybridized carbons (Fsp3) is 0.300. The molecular formula is C10H12N2O4. The van der Waals surface area contributed by atoms with Gasteiger partial charge >= 0.3 is 5.97 Å². The lowest BCUT2D eigenvalue weighted by atomic mass is 10.1. The highest BCUT2D eigenvalue weighted by Gasteiger charge is 2.10. The SMILES string of the molecule is Nc1cc(CCCC(=O)O)ccc1[N+](=O)[O-]. The summed E-state index contributed by atoms with van der Waals surface area (Å²) in [5.41, 5.74) is 6.29. The van der Waals surface area contributed by atoms with Crippen LogP contribution in [0, 0.1) is 10.1 Å². The van der Waals surface area contributed by atoms with Gasteiger partial charge in [-0.05, 0) is 24.5 Å². The maximum absolute atomic E-state index is 10.5. The van der Waals surface area contributed by atoms with Crippen LogP contribution in [0.2, 0.25) is 0 Å². The van der Waals surface area contributed by atoms with Crippen LogP contribution in [-0.2, 0) is 11.2 Å². The molecule has 1 aromatic rings. The Labute approximate surface area is 91.8 Å². The first-order valence-electron chi connectivity index (χ1n) is 4.75. The van der Waals surface area contributed by atoms with E-state index in [1.165, 1.54) is 12.1 Å². The number of hydrogen-bond acceptors (Lipinski definition) is 4. The highest BCUT2D eigenvalue weighted by Crippen LogP contribution is 2.22. The number of carbonyl (C=O) groups is 1. The van der Waals surface area contributed by atoms with Crippen LogP contribution >= 0.6 is 0 Å². The molecule has 0 amide bonds. The molecule has 0 aliphatic heterocycles. The summed E-state index contributed by atoms with van der Waals surface area (Å²) in [4.78, 5) is 20.2. The second-order valence-corrected chi connectivity index (χ2v) is 3.40. The number of nitrogen functional groups attached to an aromatic ring is 1. The van der Waals surface area contributed by atoms with Gasteiger partial charge in [0, 0.05) is 12.5 Å². The molecule has 0 bridgehead atoms. The quantitative estimate of drug-likeness (QED) is 0.448. The van der Waals surface area contributed by atoms with E-state index in [4.69, 9.17) is 10.8 Å². The van der Waals surface area contributed by atoms with Crippen molar-refractivity contribution in [1.82, 2.24) is 0 Å². The molecule has 0 saturated carbocycles. The molecule has 16 heavy (non-hydrogen) atoms. The molecular weight excluding hydrogens is 212 g/mol. The van der Waals surface area contributed by atoms with Gasteiger partial charge in [0.05, 0.1) is 4.92 Å². The lowest BCUT2D eigenvalue weighted by Crippen LogP contribution is -1.99. The van der Waals surface area contributed by atoms with Crippen molar-refractivity contribution in [2.75, 3.05) is 5.73 Å². The molecule has 0 unspecified atom stereocenters. The Balaban J connectivity index is 2.66. The molecule has 6 heteroatoms. The highest BCUT2D eigenvalue weighted by atomic mass is 16.6. The van der Waals surface area contributed by atoms with Crippen molar-refractivity contribution in [3.05, 3.63) is 33.9 Å². The topological polar surface area (TPSA) is 106 Å². The Morgan fingerprint density at radius 1 is 1.50 bits per heavy atom. The van der Waals surface area contributed by atoms with E-state index in [9.17, 15) is 14.9 Å². The lowest BCUT2D eigenvalue weighted by molar-refractivity contribution is -0.383. The number of nitrogens with zero attached hydrogens (tertiary/aromatic N) is 1. The van der Waals surface area contributed by atoms with Gasteiger partial charge in [-0.25, -0.2) is 0 Å². The van der Waals surface area contributed by atoms with Gasteiger partial charge in [-0.1, -0.05) is 6.07 Å². The average Bonchev–Trinajstić information content (AvgIpc) is 2.16. The molecule has 0 aromatic heterocycles. The molecule has 0 aliphatic rings. The minimum absolute atomic E-state index is 0.0803. The van der Waals surface area contributed by atoms with Gasteiger partial charge in [-0.3, -0.25) is 14.9 Å². The van der Waals surface area contributed by atoms with E-state index in [2.05, 4.69) is 0 Å². The molecule has 1 rings (SSSR count). The van der Waals surface area contributed by atoms with Crippen LogP contribution in [0.5, 0.6) is 0 Å². The van der Waals surface area contributed by atoms with Gasteiger partial charge in [0.15, 0.2) is 0 Å². The smallest absolute Gasteiger partial charge is 0.303 e. The van der Waals surface area contributed by atoms with Crippen molar-refractivity contribution in [2.45, 2.75) is 19.3 Å². The van der Waals surface area contributed by atoms with Gasteiger partial charge in [0.25, 0.3) is 5.69 Å². The van der Waals surface area contributed by atoms with Crippen molar-refractivity contribution < 1.29 is 14.8 Å². The predicted molar refractivity (Wildman–Crippen MR) is 58.1 cm³/mol. The first-order chi connectivity index (χ1) is 7.50. The number of aliphatic carboxylic acids is 1. The Bertz CT molecular complexity index is 417. The minimum Gasteiger partial charge on any atom is -0.481 e. The lowest BCUT2D eigenvalue weighted by Gasteiger charge is -2.02.